The first-order valence-corrected chi connectivity index (χ1v) is 7.87. The van der Waals surface area contributed by atoms with E-state index in [2.05, 4.69) is 12.2 Å². The molecule has 2 bridgehead atoms. The molecule has 4 atom stereocenters. The van der Waals surface area contributed by atoms with E-state index in [4.69, 9.17) is 4.74 Å². The van der Waals surface area contributed by atoms with Crippen molar-refractivity contribution in [2.75, 3.05) is 11.5 Å². The fraction of sp³-hybridized carbons (Fsp3) is 0.444. The zero-order valence-corrected chi connectivity index (χ0v) is 12.8. The second-order valence-corrected chi connectivity index (χ2v) is 6.53. The third-order valence-corrected chi connectivity index (χ3v) is 5.52. The van der Waals surface area contributed by atoms with Gasteiger partial charge in [-0.05, 0) is 44.2 Å². The molecule has 2 aliphatic carbocycles. The summed E-state index contributed by atoms with van der Waals surface area (Å²) in [6, 6.07) is 7.29. The molecule has 4 rings (SSSR count). The zero-order valence-electron chi connectivity index (χ0n) is 12.8. The van der Waals surface area contributed by atoms with E-state index in [0.717, 1.165) is 6.42 Å². The number of allylic oxidation sites excluding steroid dienone is 2. The quantitative estimate of drug-likeness (QED) is 0.636. The Balaban J connectivity index is 1.80. The highest BCUT2D eigenvalue weighted by atomic mass is 16.5. The second kappa shape index (κ2) is 4.45. The maximum Gasteiger partial charge on any atom is 0.241 e. The number of hydrogen-bond donors (Lipinski definition) is 0. The highest BCUT2D eigenvalue weighted by molar-refractivity contribution is 6.25. The molecule has 3 aliphatic rings. The molecule has 1 aromatic rings. The van der Waals surface area contributed by atoms with Crippen LogP contribution in [0, 0.1) is 23.2 Å². The average molecular weight is 297 g/mol. The van der Waals surface area contributed by atoms with Crippen LogP contribution >= 0.6 is 0 Å². The van der Waals surface area contributed by atoms with Crippen molar-refractivity contribution in [3.05, 3.63) is 36.4 Å². The molecule has 0 spiro atoms. The lowest BCUT2D eigenvalue weighted by Crippen LogP contribution is -2.37. The van der Waals surface area contributed by atoms with Crippen molar-refractivity contribution in [3.8, 4) is 5.75 Å². The standard InChI is InChI=1S/C18H19NO3/c1-3-22-14-7-5-4-6-13(14)19-16(20)15-11-8-9-12(10-11)18(15,2)17(19)21/h4-9,11-12,15H,3,10H2,1-2H3/t11-,12+,15-,18+/m1/s1. The molecule has 1 aliphatic heterocycles. The smallest absolute Gasteiger partial charge is 0.241 e. The third-order valence-electron chi connectivity index (χ3n) is 5.52. The number of hydrogen-bond acceptors (Lipinski definition) is 3. The van der Waals surface area contributed by atoms with E-state index in [1.54, 1.807) is 6.07 Å². The van der Waals surface area contributed by atoms with E-state index in [1.807, 2.05) is 32.0 Å². The number of ether oxygens (including phenoxy) is 1. The summed E-state index contributed by atoms with van der Waals surface area (Å²) in [6.07, 6.45) is 5.16. The van der Waals surface area contributed by atoms with Gasteiger partial charge in [0.2, 0.25) is 11.8 Å². The molecule has 114 valence electrons. The van der Waals surface area contributed by atoms with Crippen molar-refractivity contribution >= 4 is 17.5 Å². The van der Waals surface area contributed by atoms with Crippen LogP contribution in [0.1, 0.15) is 20.3 Å². The molecule has 1 aromatic carbocycles. The van der Waals surface area contributed by atoms with Crippen molar-refractivity contribution in [2.24, 2.45) is 23.2 Å². The Labute approximate surface area is 129 Å². The Bertz CT molecular complexity index is 695. The minimum atomic E-state index is -0.587. The first kappa shape index (κ1) is 13.6. The zero-order chi connectivity index (χ0) is 15.5. The second-order valence-electron chi connectivity index (χ2n) is 6.53. The lowest BCUT2D eigenvalue weighted by molar-refractivity contribution is -0.127. The number of rotatable bonds is 3. The number of para-hydroxylation sites is 2. The Morgan fingerprint density at radius 2 is 2.05 bits per heavy atom. The van der Waals surface area contributed by atoms with E-state index >= 15 is 0 Å². The molecule has 4 heteroatoms. The summed E-state index contributed by atoms with van der Waals surface area (Å²) in [4.78, 5) is 27.4. The predicted molar refractivity (Wildman–Crippen MR) is 82.4 cm³/mol. The van der Waals surface area contributed by atoms with E-state index in [-0.39, 0.29) is 29.6 Å². The first-order valence-electron chi connectivity index (χ1n) is 7.87. The van der Waals surface area contributed by atoms with Crippen LogP contribution in [0.15, 0.2) is 36.4 Å². The molecular formula is C18H19NO3. The number of amides is 2. The van der Waals surface area contributed by atoms with Crippen molar-refractivity contribution < 1.29 is 14.3 Å². The Morgan fingerprint density at radius 1 is 1.27 bits per heavy atom. The van der Waals surface area contributed by atoms with Crippen LogP contribution in [0.25, 0.3) is 0 Å². The fourth-order valence-corrected chi connectivity index (χ4v) is 4.45. The number of carbonyl (C=O) groups excluding carboxylic acids is 2. The minimum Gasteiger partial charge on any atom is -0.492 e. The number of anilines is 1. The van der Waals surface area contributed by atoms with Gasteiger partial charge in [-0.2, -0.15) is 0 Å². The molecule has 1 heterocycles. The van der Waals surface area contributed by atoms with Crippen molar-refractivity contribution in [3.63, 3.8) is 0 Å². The van der Waals surface area contributed by atoms with Gasteiger partial charge in [0.15, 0.2) is 0 Å². The van der Waals surface area contributed by atoms with Gasteiger partial charge in [0.05, 0.1) is 23.6 Å². The van der Waals surface area contributed by atoms with Gasteiger partial charge >= 0.3 is 0 Å². The molecule has 0 N–H and O–H groups in total. The molecular weight excluding hydrogens is 278 g/mol. The topological polar surface area (TPSA) is 46.6 Å². The highest BCUT2D eigenvalue weighted by Gasteiger charge is 2.67. The van der Waals surface area contributed by atoms with Crippen LogP contribution in [-0.4, -0.2) is 18.4 Å². The monoisotopic (exact) mass is 297 g/mol. The molecule has 1 saturated heterocycles. The van der Waals surface area contributed by atoms with Crippen LogP contribution in [0.5, 0.6) is 5.75 Å². The van der Waals surface area contributed by atoms with Crippen LogP contribution in [0.3, 0.4) is 0 Å². The van der Waals surface area contributed by atoms with Gasteiger partial charge in [-0.1, -0.05) is 24.3 Å². The molecule has 0 aromatic heterocycles. The molecule has 4 nitrogen and oxygen atoms in total. The van der Waals surface area contributed by atoms with Gasteiger partial charge < -0.3 is 4.74 Å². The van der Waals surface area contributed by atoms with Crippen molar-refractivity contribution in [1.82, 2.24) is 0 Å². The summed E-state index contributed by atoms with van der Waals surface area (Å²) in [6.45, 7) is 4.35. The molecule has 2 fully saturated rings. The molecule has 2 amide bonds. The lowest BCUT2D eigenvalue weighted by Gasteiger charge is -2.28. The first-order chi connectivity index (χ1) is 10.6. The molecule has 22 heavy (non-hydrogen) atoms. The van der Waals surface area contributed by atoms with E-state index in [1.165, 1.54) is 4.90 Å². The number of carbonyl (C=O) groups is 2. The van der Waals surface area contributed by atoms with Crippen LogP contribution in [0.4, 0.5) is 5.69 Å². The van der Waals surface area contributed by atoms with Crippen LogP contribution in [0.2, 0.25) is 0 Å². The molecule has 0 unspecified atom stereocenters. The third kappa shape index (κ3) is 1.47. The van der Waals surface area contributed by atoms with E-state index in [9.17, 15) is 9.59 Å². The maximum atomic E-state index is 13.1. The van der Waals surface area contributed by atoms with Gasteiger partial charge in [-0.15, -0.1) is 0 Å². The van der Waals surface area contributed by atoms with Gasteiger partial charge in [0.1, 0.15) is 5.75 Å². The lowest BCUT2D eigenvalue weighted by atomic mass is 9.71. The highest BCUT2D eigenvalue weighted by Crippen LogP contribution is 2.61. The number of nitrogens with zero attached hydrogens (tertiary/aromatic N) is 1. The Hall–Kier alpha value is -2.10. The number of benzene rings is 1. The Morgan fingerprint density at radius 3 is 2.77 bits per heavy atom. The maximum absolute atomic E-state index is 13.1. The summed E-state index contributed by atoms with van der Waals surface area (Å²) >= 11 is 0. The predicted octanol–water partition coefficient (Wildman–Crippen LogP) is 2.79. The van der Waals surface area contributed by atoms with E-state index in [0.29, 0.717) is 18.0 Å². The largest absolute Gasteiger partial charge is 0.492 e. The normalized spacial score (nSPS) is 35.4. The van der Waals surface area contributed by atoms with Gasteiger partial charge in [0, 0.05) is 0 Å². The van der Waals surface area contributed by atoms with Gasteiger partial charge in [-0.3, -0.25) is 9.59 Å². The summed E-state index contributed by atoms with van der Waals surface area (Å²) < 4.78 is 5.61. The average Bonchev–Trinajstić information content (AvgIpc) is 3.13. The fourth-order valence-electron chi connectivity index (χ4n) is 4.45. The number of imide groups is 1. The molecule has 1 saturated carbocycles. The summed E-state index contributed by atoms with van der Waals surface area (Å²) in [5.41, 5.74) is -0.00935. The van der Waals surface area contributed by atoms with E-state index < -0.39 is 5.41 Å². The minimum absolute atomic E-state index is 0.0727. The van der Waals surface area contributed by atoms with Crippen molar-refractivity contribution in [1.29, 1.82) is 0 Å². The van der Waals surface area contributed by atoms with Crippen LogP contribution < -0.4 is 9.64 Å². The van der Waals surface area contributed by atoms with Gasteiger partial charge in [-0.25, -0.2) is 4.90 Å². The molecule has 0 radical (unpaired) electrons. The van der Waals surface area contributed by atoms with Gasteiger partial charge in [0.25, 0.3) is 0 Å². The van der Waals surface area contributed by atoms with Crippen LogP contribution in [-0.2, 0) is 9.59 Å². The summed E-state index contributed by atoms with van der Waals surface area (Å²) in [5.74, 6) is 0.613. The Kier molecular flexibility index (Phi) is 2.74. The summed E-state index contributed by atoms with van der Waals surface area (Å²) in [5, 5.41) is 0. The number of fused-ring (bicyclic) bond motifs is 5. The summed E-state index contributed by atoms with van der Waals surface area (Å²) in [7, 11) is 0. The van der Waals surface area contributed by atoms with Crippen molar-refractivity contribution in [2.45, 2.75) is 20.3 Å². The SMILES string of the molecule is CCOc1ccccc1N1C(=O)[C@H]2[C@@H]3C=C[C@@H](C3)[C@]2(C)C1=O.